The molecule has 0 saturated heterocycles. The highest BCUT2D eigenvalue weighted by Crippen LogP contribution is 2.46. The highest BCUT2D eigenvalue weighted by atomic mass is 16.3. The van der Waals surface area contributed by atoms with Crippen LogP contribution in [0.15, 0.2) is 164 Å². The molecule has 0 fully saturated rings. The number of phenols is 1. The number of imidazole rings is 1. The van der Waals surface area contributed by atoms with Crippen molar-refractivity contribution in [3.8, 4) is 78.6 Å². The Kier molecular flexibility index (Phi) is 6.08. The molecule has 1 N–H and O–H groups in total. The molecular weight excluding hydrogens is 839 g/mol. The summed E-state index contributed by atoms with van der Waals surface area (Å²) in [6.07, 6.45) is -0.782. The monoisotopic (exact) mass is 934 g/mol. The minimum atomic E-state index is -4.25. The van der Waals surface area contributed by atoms with E-state index in [1.807, 2.05) is 90.1 Å². The van der Waals surface area contributed by atoms with Crippen LogP contribution < -0.4 is 0 Å². The van der Waals surface area contributed by atoms with Gasteiger partial charge in [-0.25, -0.2) is 4.98 Å². The Morgan fingerprint density at radius 2 is 1.20 bits per heavy atom. The lowest BCUT2D eigenvalue weighted by Gasteiger charge is -2.27. The average Bonchev–Trinajstić information content (AvgIpc) is 0.718. The molecule has 2 heterocycles. The third-order valence-electron chi connectivity index (χ3n) is 12.1. The zero-order valence-electron chi connectivity index (χ0n) is 66.8. The molecule has 0 saturated carbocycles. The Hall–Kier alpha value is -7.04. The van der Waals surface area contributed by atoms with E-state index < -0.39 is 157 Å². The van der Waals surface area contributed by atoms with Crippen LogP contribution in [0.5, 0.6) is 5.75 Å². The molecule has 0 spiro atoms. The maximum atomic E-state index is 13.1. The van der Waals surface area contributed by atoms with Gasteiger partial charge in [0.1, 0.15) is 11.6 Å². The first-order chi connectivity index (χ1) is 44.2. The molecule has 0 aliphatic heterocycles. The molecule has 0 amide bonds. The van der Waals surface area contributed by atoms with Crippen LogP contribution in [0.25, 0.3) is 83.9 Å². The van der Waals surface area contributed by atoms with E-state index in [2.05, 4.69) is 4.98 Å². The first-order valence-corrected chi connectivity index (χ1v) is 22.1. The molecule has 69 heavy (non-hydrogen) atoms. The SMILES string of the molecule is [2H]c1nc(-c2cc(-c3cccc4c3nc(-c3cc(C(C([2H])([2H])[2H])(C([2H])([2H])[2H])C([2H])([2H])[2H])cc(C(C([2H])([2H])[2H])(C([2H])([2H])[2H])C([2H])([2H])[2H])c3O)n4-c3ccc(-c4c(-c5ccccc5)cccc4C(C)(C)C)cc3)cc(C(C)(C)C)c2)c([2H])c(-c2c([2H])c([2H])c(C([2H])([2H])[2H])c([2H])c2[2H])c1[2H]. The zero-order chi connectivity index (χ0) is 72.8. The van der Waals surface area contributed by atoms with Crippen LogP contribution in [0.1, 0.15) is 149 Å². The van der Waals surface area contributed by atoms with Gasteiger partial charge in [-0.05, 0) is 133 Å². The predicted molar refractivity (Wildman–Crippen MR) is 293 cm³/mol. The van der Waals surface area contributed by atoms with E-state index in [-0.39, 0.29) is 45.2 Å². The van der Waals surface area contributed by atoms with Gasteiger partial charge < -0.3 is 5.11 Å². The smallest absolute Gasteiger partial charge is 0.149 e. The fourth-order valence-electron chi connectivity index (χ4n) is 8.57. The van der Waals surface area contributed by atoms with Gasteiger partial charge in [0.25, 0.3) is 0 Å². The lowest BCUT2D eigenvalue weighted by atomic mass is 9.78. The van der Waals surface area contributed by atoms with Gasteiger partial charge >= 0.3 is 0 Å². The Morgan fingerprint density at radius 3 is 1.88 bits per heavy atom. The van der Waals surface area contributed by atoms with Crippen molar-refractivity contribution in [2.75, 3.05) is 0 Å². The highest BCUT2D eigenvalue weighted by molar-refractivity contribution is 5.97. The van der Waals surface area contributed by atoms with Crippen molar-refractivity contribution in [2.24, 2.45) is 0 Å². The van der Waals surface area contributed by atoms with E-state index in [1.54, 1.807) is 48.5 Å². The molecule has 0 aliphatic rings. The summed E-state index contributed by atoms with van der Waals surface area (Å²) in [5.74, 6) is -2.06. The highest BCUT2D eigenvalue weighted by Gasteiger charge is 2.30. The molecule has 4 nitrogen and oxygen atoms in total. The van der Waals surface area contributed by atoms with Gasteiger partial charge in [0, 0.05) is 57.3 Å². The molecule has 0 atom stereocenters. The lowest BCUT2D eigenvalue weighted by molar-refractivity contribution is 0.446. The molecule has 0 radical (unpaired) electrons. The topological polar surface area (TPSA) is 50.9 Å². The lowest BCUT2D eigenvalue weighted by Crippen LogP contribution is -2.17. The van der Waals surface area contributed by atoms with Gasteiger partial charge in [0.15, 0.2) is 0 Å². The van der Waals surface area contributed by atoms with Crippen molar-refractivity contribution in [2.45, 2.75) is 111 Å². The van der Waals surface area contributed by atoms with Crippen LogP contribution in [0.3, 0.4) is 0 Å². The summed E-state index contributed by atoms with van der Waals surface area (Å²) in [6, 6.07) is 27.3. The summed E-state index contributed by atoms with van der Waals surface area (Å²) < 4.78 is 247. The number of fused-ring (bicyclic) bond motifs is 1. The second kappa shape index (κ2) is 17.5. The number of hydrogen-bond donors (Lipinski definition) is 1. The summed E-state index contributed by atoms with van der Waals surface area (Å²) in [6.45, 7) is -16.6. The quantitative estimate of drug-likeness (QED) is 0.173. The number of nitrogens with zero attached hydrogens (tertiary/aromatic N) is 3. The molecule has 4 heteroatoms. The molecule has 0 bridgehead atoms. The third kappa shape index (κ3) is 9.30. The van der Waals surface area contributed by atoms with Crippen LogP contribution in [-0.2, 0) is 21.7 Å². The van der Waals surface area contributed by atoms with Crippen molar-refractivity contribution in [3.63, 3.8) is 0 Å². The second-order valence-electron chi connectivity index (χ2n) is 19.3. The predicted octanol–water partition coefficient (Wildman–Crippen LogP) is 17.6. The Bertz CT molecular complexity index is 4470. The number of hydrogen-bond acceptors (Lipinski definition) is 3. The molecule has 0 aliphatic carbocycles. The minimum absolute atomic E-state index is 0.0581. The first kappa shape index (κ1) is 24.0. The van der Waals surface area contributed by atoms with Crippen LogP contribution in [0, 0.1) is 6.85 Å². The first-order valence-electron chi connectivity index (χ1n) is 36.1. The maximum absolute atomic E-state index is 13.1. The van der Waals surface area contributed by atoms with Crippen molar-refractivity contribution in [1.29, 1.82) is 0 Å². The van der Waals surface area contributed by atoms with Crippen LogP contribution in [0.4, 0.5) is 0 Å². The molecule has 9 rings (SSSR count). The number of phenolic OH excluding ortho intramolecular Hbond substituents is 1. The van der Waals surface area contributed by atoms with Gasteiger partial charge in [-0.2, -0.15) is 0 Å². The Morgan fingerprint density at radius 1 is 0.522 bits per heavy atom. The van der Waals surface area contributed by atoms with E-state index in [0.717, 1.165) is 22.3 Å². The summed E-state index contributed by atoms with van der Waals surface area (Å²) in [7, 11) is 0. The number of pyridine rings is 1. The van der Waals surface area contributed by atoms with Gasteiger partial charge in [-0.3, -0.25) is 9.55 Å². The van der Waals surface area contributed by atoms with Gasteiger partial charge in [0.05, 0.1) is 31.9 Å². The van der Waals surface area contributed by atoms with E-state index in [4.69, 9.17) is 42.0 Å². The largest absolute Gasteiger partial charge is 0.507 e. The van der Waals surface area contributed by atoms with Crippen LogP contribution >= 0.6 is 0 Å². The minimum Gasteiger partial charge on any atom is -0.507 e. The standard InChI is InChI=1S/C65H67N3O/c1-41-25-27-42(28-26-41)45-33-34-66-56(38-45)47-35-46(36-48(37-47)62(2,3)4)52-22-18-24-57-59(52)67-61(53-39-49(63(5,6)7)40-55(60(53)69)65(11,12)13)68(57)50-31-29-44(30-32-50)58-51(43-19-15-14-16-20-43)21-17-23-54(58)64(8,9)10/h14-40,69H,1-13H3/i1D3,5D3,6D3,7D3,11D3,12D3,13D3,25D,26D,27D,28D,33D,34D,38D. The summed E-state index contributed by atoms with van der Waals surface area (Å²) in [5.41, 5.74) is -10.6. The summed E-state index contributed by atoms with van der Waals surface area (Å²) in [4.78, 5) is 9.43. The number of aromatic nitrogens is 3. The van der Waals surface area contributed by atoms with Gasteiger partial charge in [0.2, 0.25) is 0 Å². The number of para-hydroxylation sites is 1. The molecule has 0 unspecified atom stereocenters. The van der Waals surface area contributed by atoms with E-state index in [0.29, 0.717) is 17.2 Å². The van der Waals surface area contributed by atoms with Crippen molar-refractivity contribution >= 4 is 11.0 Å². The summed E-state index contributed by atoms with van der Waals surface area (Å²) in [5, 5.41) is 13.1. The molecule has 9 aromatic rings. The van der Waals surface area contributed by atoms with Crippen molar-refractivity contribution in [1.82, 2.24) is 14.5 Å². The number of benzene rings is 7. The average molecular weight is 934 g/mol. The van der Waals surface area contributed by atoms with Crippen LogP contribution in [0.2, 0.25) is 0 Å². The maximum Gasteiger partial charge on any atom is 0.149 e. The molecule has 2 aromatic heterocycles. The van der Waals surface area contributed by atoms with Gasteiger partial charge in [-0.15, -0.1) is 0 Å². The molecule has 348 valence electrons. The zero-order valence-corrected chi connectivity index (χ0v) is 38.8. The van der Waals surface area contributed by atoms with Crippen molar-refractivity contribution < 1.29 is 43.5 Å². The number of aromatic hydroxyl groups is 1. The summed E-state index contributed by atoms with van der Waals surface area (Å²) >= 11 is 0. The van der Waals surface area contributed by atoms with E-state index in [9.17, 15) is 6.48 Å². The molecular formula is C65H67N3O. The van der Waals surface area contributed by atoms with Crippen molar-refractivity contribution in [3.05, 3.63) is 192 Å². The van der Waals surface area contributed by atoms with E-state index >= 15 is 0 Å². The van der Waals surface area contributed by atoms with Gasteiger partial charge in [-0.1, -0.05) is 197 Å². The fraction of sp³-hybridized carbons (Fsp3) is 0.262. The normalized spacial score (nSPS) is 19.7. The Balaban J connectivity index is 1.47. The Labute approximate surface area is 450 Å². The van der Waals surface area contributed by atoms with Crippen LogP contribution in [-0.4, -0.2) is 19.6 Å². The number of rotatable bonds is 7. The second-order valence-corrected chi connectivity index (χ2v) is 19.3. The van der Waals surface area contributed by atoms with E-state index in [1.165, 1.54) is 16.7 Å². The third-order valence-corrected chi connectivity index (χ3v) is 12.1. The molecule has 7 aromatic carbocycles. The fourth-order valence-corrected chi connectivity index (χ4v) is 8.57.